The fraction of sp³-hybridized carbons (Fsp3) is 0.250. The molecule has 1 atom stereocenters. The van der Waals surface area contributed by atoms with Gasteiger partial charge in [0, 0.05) is 24.9 Å². The average Bonchev–Trinajstić information content (AvgIpc) is 2.44. The molecular formula is C16H16FNO3. The zero-order valence-corrected chi connectivity index (χ0v) is 12.1. The number of halogens is 1. The van der Waals surface area contributed by atoms with Gasteiger partial charge in [0.05, 0.1) is 5.56 Å². The van der Waals surface area contributed by atoms with E-state index < -0.39 is 17.9 Å². The number of esters is 1. The van der Waals surface area contributed by atoms with E-state index in [2.05, 4.69) is 0 Å². The molecule has 0 fully saturated rings. The molecule has 0 spiro atoms. The van der Waals surface area contributed by atoms with Crippen LogP contribution in [-0.4, -0.2) is 10.5 Å². The molecule has 0 unspecified atom stereocenters. The first kappa shape index (κ1) is 15.0. The smallest absolute Gasteiger partial charge is 0.338 e. The maximum atomic E-state index is 13.7. The van der Waals surface area contributed by atoms with Crippen LogP contribution in [0.15, 0.2) is 41.3 Å². The van der Waals surface area contributed by atoms with E-state index >= 15 is 0 Å². The summed E-state index contributed by atoms with van der Waals surface area (Å²) in [5.41, 5.74) is 1.03. The summed E-state index contributed by atoms with van der Waals surface area (Å²) in [5, 5.41) is 0. The second kappa shape index (κ2) is 5.91. The lowest BCUT2D eigenvalue weighted by atomic mass is 10.1. The van der Waals surface area contributed by atoms with Crippen LogP contribution in [0.25, 0.3) is 0 Å². The zero-order valence-electron chi connectivity index (χ0n) is 12.1. The Morgan fingerprint density at radius 1 is 1.29 bits per heavy atom. The van der Waals surface area contributed by atoms with E-state index in [-0.39, 0.29) is 11.1 Å². The van der Waals surface area contributed by atoms with Crippen LogP contribution in [0, 0.1) is 12.7 Å². The van der Waals surface area contributed by atoms with Gasteiger partial charge < -0.3 is 9.30 Å². The Bertz CT molecular complexity index is 737. The van der Waals surface area contributed by atoms with E-state index in [9.17, 15) is 14.0 Å². The minimum atomic E-state index is -0.735. The molecule has 4 nitrogen and oxygen atoms in total. The monoisotopic (exact) mass is 289 g/mol. The Labute approximate surface area is 121 Å². The van der Waals surface area contributed by atoms with E-state index in [1.54, 1.807) is 26.1 Å². The number of carbonyl (C=O) groups is 1. The number of rotatable bonds is 3. The fourth-order valence-electron chi connectivity index (χ4n) is 1.94. The number of pyridine rings is 1. The second-order valence-corrected chi connectivity index (χ2v) is 4.94. The standard InChI is InChI=1S/C16H16FNO3/c1-10-4-5-14(17)13(8-10)11(2)21-16(20)12-6-7-18(3)15(19)9-12/h4-9,11H,1-3H3/t11-/m0/s1. The normalized spacial score (nSPS) is 12.0. The first-order valence-corrected chi connectivity index (χ1v) is 6.52. The maximum absolute atomic E-state index is 13.7. The molecule has 0 aliphatic heterocycles. The van der Waals surface area contributed by atoms with Gasteiger partial charge >= 0.3 is 5.97 Å². The molecule has 0 amide bonds. The summed E-state index contributed by atoms with van der Waals surface area (Å²) in [6.45, 7) is 3.43. The molecule has 0 saturated carbocycles. The SMILES string of the molecule is Cc1ccc(F)c([C@H](C)OC(=O)c2ccn(C)c(=O)c2)c1. The van der Waals surface area contributed by atoms with Gasteiger partial charge in [0.1, 0.15) is 11.9 Å². The van der Waals surface area contributed by atoms with Gasteiger partial charge in [0.15, 0.2) is 0 Å². The summed E-state index contributed by atoms with van der Waals surface area (Å²) >= 11 is 0. The highest BCUT2D eigenvalue weighted by Gasteiger charge is 2.17. The van der Waals surface area contributed by atoms with Crippen LogP contribution in [0.4, 0.5) is 4.39 Å². The highest BCUT2D eigenvalue weighted by atomic mass is 19.1. The second-order valence-electron chi connectivity index (χ2n) is 4.94. The van der Waals surface area contributed by atoms with Gasteiger partial charge in [-0.1, -0.05) is 11.6 Å². The number of hydrogen-bond acceptors (Lipinski definition) is 3. The number of aryl methyl sites for hydroxylation is 2. The van der Waals surface area contributed by atoms with Crippen molar-refractivity contribution in [2.75, 3.05) is 0 Å². The lowest BCUT2D eigenvalue weighted by Gasteiger charge is -2.15. The zero-order chi connectivity index (χ0) is 15.6. The highest BCUT2D eigenvalue weighted by molar-refractivity contribution is 5.89. The Hall–Kier alpha value is -2.43. The third-order valence-corrected chi connectivity index (χ3v) is 3.21. The van der Waals surface area contributed by atoms with Gasteiger partial charge in [-0.05, 0) is 32.0 Å². The number of ether oxygens (including phenoxy) is 1. The van der Waals surface area contributed by atoms with Crippen molar-refractivity contribution in [1.29, 1.82) is 0 Å². The van der Waals surface area contributed by atoms with Crippen molar-refractivity contribution >= 4 is 5.97 Å². The molecule has 0 aliphatic carbocycles. The molecule has 2 aromatic rings. The Kier molecular flexibility index (Phi) is 4.21. The first-order valence-electron chi connectivity index (χ1n) is 6.52. The van der Waals surface area contributed by atoms with Gasteiger partial charge in [0.25, 0.3) is 5.56 Å². The molecular weight excluding hydrogens is 273 g/mol. The van der Waals surface area contributed by atoms with Gasteiger partial charge in [-0.2, -0.15) is 0 Å². The Morgan fingerprint density at radius 2 is 2.00 bits per heavy atom. The molecule has 2 rings (SSSR count). The van der Waals surface area contributed by atoms with E-state index in [1.165, 1.54) is 29.0 Å². The molecule has 1 heterocycles. The lowest BCUT2D eigenvalue weighted by molar-refractivity contribution is 0.0331. The van der Waals surface area contributed by atoms with Gasteiger partial charge in [-0.15, -0.1) is 0 Å². The minimum Gasteiger partial charge on any atom is -0.454 e. The van der Waals surface area contributed by atoms with E-state index in [0.29, 0.717) is 5.56 Å². The predicted octanol–water partition coefficient (Wildman–Crippen LogP) is 2.75. The molecule has 5 heteroatoms. The summed E-state index contributed by atoms with van der Waals surface area (Å²) in [5.74, 6) is -1.08. The number of hydrogen-bond donors (Lipinski definition) is 0. The Morgan fingerprint density at radius 3 is 2.67 bits per heavy atom. The maximum Gasteiger partial charge on any atom is 0.338 e. The topological polar surface area (TPSA) is 48.3 Å². The summed E-state index contributed by atoms with van der Waals surface area (Å²) in [6, 6.07) is 7.31. The van der Waals surface area contributed by atoms with Crippen molar-refractivity contribution in [3.8, 4) is 0 Å². The van der Waals surface area contributed by atoms with Crippen LogP contribution in [0.3, 0.4) is 0 Å². The fourth-order valence-corrected chi connectivity index (χ4v) is 1.94. The minimum absolute atomic E-state index is 0.151. The summed E-state index contributed by atoms with van der Waals surface area (Å²) < 4.78 is 20.3. The Balaban J connectivity index is 2.20. The van der Waals surface area contributed by atoms with Crippen molar-refractivity contribution in [3.05, 3.63) is 69.4 Å². The van der Waals surface area contributed by atoms with Gasteiger partial charge in [0.2, 0.25) is 0 Å². The molecule has 0 radical (unpaired) electrons. The van der Waals surface area contributed by atoms with E-state index in [1.807, 2.05) is 6.92 Å². The summed E-state index contributed by atoms with van der Waals surface area (Å²) in [7, 11) is 1.59. The van der Waals surface area contributed by atoms with E-state index in [0.717, 1.165) is 5.56 Å². The molecule has 0 N–H and O–H groups in total. The molecule has 1 aromatic carbocycles. The summed E-state index contributed by atoms with van der Waals surface area (Å²) in [4.78, 5) is 23.5. The van der Waals surface area contributed by atoms with Crippen molar-refractivity contribution in [1.82, 2.24) is 4.57 Å². The summed E-state index contributed by atoms with van der Waals surface area (Å²) in [6.07, 6.45) is 0.748. The van der Waals surface area contributed by atoms with Gasteiger partial charge in [-0.3, -0.25) is 4.79 Å². The average molecular weight is 289 g/mol. The highest BCUT2D eigenvalue weighted by Crippen LogP contribution is 2.22. The van der Waals surface area contributed by atoms with Gasteiger partial charge in [-0.25, -0.2) is 9.18 Å². The van der Waals surface area contributed by atoms with Crippen LogP contribution in [0.1, 0.15) is 34.5 Å². The van der Waals surface area contributed by atoms with Crippen LogP contribution in [0.2, 0.25) is 0 Å². The quantitative estimate of drug-likeness (QED) is 0.816. The van der Waals surface area contributed by atoms with Crippen molar-refractivity contribution < 1.29 is 13.9 Å². The largest absolute Gasteiger partial charge is 0.454 e. The van der Waals surface area contributed by atoms with Crippen LogP contribution in [0.5, 0.6) is 0 Å². The molecule has 0 aliphatic rings. The van der Waals surface area contributed by atoms with E-state index in [4.69, 9.17) is 4.74 Å². The molecule has 0 bridgehead atoms. The first-order chi connectivity index (χ1) is 9.88. The van der Waals surface area contributed by atoms with Crippen molar-refractivity contribution in [2.45, 2.75) is 20.0 Å². The third-order valence-electron chi connectivity index (χ3n) is 3.21. The number of aromatic nitrogens is 1. The molecule has 110 valence electrons. The predicted molar refractivity (Wildman–Crippen MR) is 76.7 cm³/mol. The van der Waals surface area contributed by atoms with Crippen LogP contribution < -0.4 is 5.56 Å². The van der Waals surface area contributed by atoms with Crippen molar-refractivity contribution in [3.63, 3.8) is 0 Å². The van der Waals surface area contributed by atoms with Crippen LogP contribution in [-0.2, 0) is 11.8 Å². The molecule has 21 heavy (non-hydrogen) atoms. The molecule has 0 saturated heterocycles. The number of benzene rings is 1. The molecule has 1 aromatic heterocycles. The lowest BCUT2D eigenvalue weighted by Crippen LogP contribution is -2.18. The van der Waals surface area contributed by atoms with Crippen LogP contribution >= 0.6 is 0 Å². The van der Waals surface area contributed by atoms with Crippen molar-refractivity contribution in [2.24, 2.45) is 7.05 Å². The number of carbonyl (C=O) groups excluding carboxylic acids is 1. The number of nitrogens with zero attached hydrogens (tertiary/aromatic N) is 1. The third kappa shape index (κ3) is 3.37.